The Morgan fingerprint density at radius 3 is 3.05 bits per heavy atom. The molecule has 1 saturated carbocycles. The molecule has 1 aliphatic rings. The van der Waals surface area contributed by atoms with E-state index in [9.17, 15) is 4.79 Å². The molecule has 2 aromatic rings. The number of carbonyl (C=O) groups excluding carboxylic acids is 1. The van der Waals surface area contributed by atoms with Crippen molar-refractivity contribution in [2.24, 2.45) is 5.92 Å². The number of nitrogens with one attached hydrogen (secondary N) is 1. The highest BCUT2D eigenvalue weighted by molar-refractivity contribution is 5.76. The van der Waals surface area contributed by atoms with Crippen molar-refractivity contribution in [3.8, 4) is 0 Å². The first kappa shape index (κ1) is 12.1. The monoisotopic (exact) mass is 258 g/mol. The third kappa shape index (κ3) is 2.45. The SMILES string of the molecule is CC(NC(=O)CC1CCC1)c1nnc2ccccn12. The van der Waals surface area contributed by atoms with E-state index >= 15 is 0 Å². The molecule has 2 aromatic heterocycles. The van der Waals surface area contributed by atoms with Crippen molar-refractivity contribution in [2.45, 2.75) is 38.6 Å². The Morgan fingerprint density at radius 1 is 1.47 bits per heavy atom. The molecule has 1 atom stereocenters. The van der Waals surface area contributed by atoms with Gasteiger partial charge in [-0.15, -0.1) is 10.2 Å². The minimum atomic E-state index is -0.120. The molecule has 0 radical (unpaired) electrons. The molecule has 0 aromatic carbocycles. The van der Waals surface area contributed by atoms with Gasteiger partial charge in [-0.1, -0.05) is 12.5 Å². The van der Waals surface area contributed by atoms with Crippen LogP contribution in [0.15, 0.2) is 24.4 Å². The van der Waals surface area contributed by atoms with Gasteiger partial charge in [-0.3, -0.25) is 9.20 Å². The maximum atomic E-state index is 11.9. The molecule has 2 heterocycles. The van der Waals surface area contributed by atoms with E-state index in [2.05, 4.69) is 15.5 Å². The third-order valence-electron chi connectivity index (χ3n) is 3.80. The Morgan fingerprint density at radius 2 is 2.32 bits per heavy atom. The standard InChI is InChI=1S/C14H18N4O/c1-10(15-13(19)9-11-5-4-6-11)14-17-16-12-7-2-3-8-18(12)14/h2-3,7-8,10-11H,4-6,9H2,1H3,(H,15,19). The summed E-state index contributed by atoms with van der Waals surface area (Å²) >= 11 is 0. The van der Waals surface area contributed by atoms with Gasteiger partial charge in [0.05, 0.1) is 6.04 Å². The number of nitrogens with zero attached hydrogens (tertiary/aromatic N) is 3. The average Bonchev–Trinajstić information content (AvgIpc) is 2.77. The quantitative estimate of drug-likeness (QED) is 0.913. The number of pyridine rings is 1. The highest BCUT2D eigenvalue weighted by Gasteiger charge is 2.22. The van der Waals surface area contributed by atoms with E-state index in [1.807, 2.05) is 35.7 Å². The van der Waals surface area contributed by atoms with Crippen LogP contribution in [0.5, 0.6) is 0 Å². The van der Waals surface area contributed by atoms with Gasteiger partial charge in [-0.25, -0.2) is 0 Å². The van der Waals surface area contributed by atoms with Crippen molar-refractivity contribution in [1.29, 1.82) is 0 Å². The van der Waals surface area contributed by atoms with E-state index in [0.717, 1.165) is 11.5 Å². The summed E-state index contributed by atoms with van der Waals surface area (Å²) in [5.41, 5.74) is 0.803. The highest BCUT2D eigenvalue weighted by atomic mass is 16.1. The summed E-state index contributed by atoms with van der Waals surface area (Å²) in [5.74, 6) is 1.48. The zero-order valence-corrected chi connectivity index (χ0v) is 11.0. The van der Waals surface area contributed by atoms with Crippen molar-refractivity contribution in [3.05, 3.63) is 30.2 Å². The molecule has 0 bridgehead atoms. The molecule has 1 unspecified atom stereocenters. The normalized spacial score (nSPS) is 17.1. The number of carbonyl (C=O) groups is 1. The second kappa shape index (κ2) is 4.99. The van der Waals surface area contributed by atoms with Gasteiger partial charge in [-0.2, -0.15) is 0 Å². The van der Waals surface area contributed by atoms with Crippen LogP contribution < -0.4 is 5.32 Å². The summed E-state index contributed by atoms with van der Waals surface area (Å²) in [6.45, 7) is 1.95. The first-order valence-electron chi connectivity index (χ1n) is 6.83. The van der Waals surface area contributed by atoms with Crippen LogP contribution in [0.1, 0.15) is 44.5 Å². The minimum Gasteiger partial charge on any atom is -0.346 e. The number of rotatable bonds is 4. The summed E-state index contributed by atoms with van der Waals surface area (Å²) in [6, 6.07) is 5.64. The molecule has 3 rings (SSSR count). The van der Waals surface area contributed by atoms with Crippen LogP contribution >= 0.6 is 0 Å². The van der Waals surface area contributed by atoms with Crippen molar-refractivity contribution < 1.29 is 4.79 Å². The summed E-state index contributed by atoms with van der Waals surface area (Å²) in [5, 5.41) is 11.3. The summed E-state index contributed by atoms with van der Waals surface area (Å²) in [6.07, 6.45) is 6.20. The number of aromatic nitrogens is 3. The zero-order valence-electron chi connectivity index (χ0n) is 11.0. The first-order chi connectivity index (χ1) is 9.24. The molecule has 0 aliphatic heterocycles. The Hall–Kier alpha value is -1.91. The van der Waals surface area contributed by atoms with E-state index in [1.165, 1.54) is 19.3 Å². The number of hydrogen-bond acceptors (Lipinski definition) is 3. The fourth-order valence-electron chi connectivity index (χ4n) is 2.48. The number of hydrogen-bond donors (Lipinski definition) is 1. The van der Waals surface area contributed by atoms with Gasteiger partial charge in [0.25, 0.3) is 0 Å². The van der Waals surface area contributed by atoms with Gasteiger partial charge in [0.2, 0.25) is 5.91 Å². The maximum Gasteiger partial charge on any atom is 0.220 e. The van der Waals surface area contributed by atoms with Gasteiger partial charge in [0.1, 0.15) is 0 Å². The molecule has 5 nitrogen and oxygen atoms in total. The molecular formula is C14H18N4O. The lowest BCUT2D eigenvalue weighted by Crippen LogP contribution is -2.30. The molecule has 100 valence electrons. The van der Waals surface area contributed by atoms with Crippen molar-refractivity contribution in [1.82, 2.24) is 19.9 Å². The van der Waals surface area contributed by atoms with Crippen LogP contribution in [0.3, 0.4) is 0 Å². The lowest BCUT2D eigenvalue weighted by Gasteiger charge is -2.25. The third-order valence-corrected chi connectivity index (χ3v) is 3.80. The molecule has 19 heavy (non-hydrogen) atoms. The molecule has 0 spiro atoms. The van der Waals surface area contributed by atoms with Crippen LogP contribution in [0.25, 0.3) is 5.65 Å². The lowest BCUT2D eigenvalue weighted by atomic mass is 9.83. The van der Waals surface area contributed by atoms with E-state index in [0.29, 0.717) is 12.3 Å². The second-order valence-electron chi connectivity index (χ2n) is 5.28. The first-order valence-corrected chi connectivity index (χ1v) is 6.83. The Labute approximate surface area is 112 Å². The predicted molar refractivity (Wildman–Crippen MR) is 71.5 cm³/mol. The van der Waals surface area contributed by atoms with Gasteiger partial charge in [-0.05, 0) is 37.8 Å². The number of amides is 1. The fraction of sp³-hybridized carbons (Fsp3) is 0.500. The van der Waals surface area contributed by atoms with E-state index in [-0.39, 0.29) is 11.9 Å². The molecule has 0 saturated heterocycles. The van der Waals surface area contributed by atoms with Crippen molar-refractivity contribution in [3.63, 3.8) is 0 Å². The zero-order chi connectivity index (χ0) is 13.2. The van der Waals surface area contributed by atoms with Crippen LogP contribution in [-0.2, 0) is 4.79 Å². The Kier molecular flexibility index (Phi) is 3.19. The van der Waals surface area contributed by atoms with Gasteiger partial charge < -0.3 is 5.32 Å². The number of fused-ring (bicyclic) bond motifs is 1. The van der Waals surface area contributed by atoms with Gasteiger partial charge in [0.15, 0.2) is 11.5 Å². The van der Waals surface area contributed by atoms with E-state index < -0.39 is 0 Å². The smallest absolute Gasteiger partial charge is 0.220 e. The van der Waals surface area contributed by atoms with Crippen molar-refractivity contribution in [2.75, 3.05) is 0 Å². The maximum absolute atomic E-state index is 11.9. The van der Waals surface area contributed by atoms with Crippen LogP contribution in [0.4, 0.5) is 0 Å². The van der Waals surface area contributed by atoms with Crippen LogP contribution in [0.2, 0.25) is 0 Å². The lowest BCUT2D eigenvalue weighted by molar-refractivity contribution is -0.123. The minimum absolute atomic E-state index is 0.116. The molecular weight excluding hydrogens is 240 g/mol. The molecule has 5 heteroatoms. The topological polar surface area (TPSA) is 59.3 Å². The molecule has 1 aliphatic carbocycles. The molecule has 1 fully saturated rings. The van der Waals surface area contributed by atoms with Crippen molar-refractivity contribution >= 4 is 11.6 Å². The summed E-state index contributed by atoms with van der Waals surface area (Å²) in [7, 11) is 0. The summed E-state index contributed by atoms with van der Waals surface area (Å²) < 4.78 is 1.91. The predicted octanol–water partition coefficient (Wildman–Crippen LogP) is 2.10. The Balaban J connectivity index is 1.69. The van der Waals surface area contributed by atoms with Gasteiger partial charge >= 0.3 is 0 Å². The van der Waals surface area contributed by atoms with Gasteiger partial charge in [0, 0.05) is 12.6 Å². The second-order valence-corrected chi connectivity index (χ2v) is 5.28. The highest BCUT2D eigenvalue weighted by Crippen LogP contribution is 2.29. The summed E-state index contributed by atoms with van der Waals surface area (Å²) in [4.78, 5) is 11.9. The molecule has 1 N–H and O–H groups in total. The average molecular weight is 258 g/mol. The van der Waals surface area contributed by atoms with Crippen LogP contribution in [-0.4, -0.2) is 20.5 Å². The van der Waals surface area contributed by atoms with Crippen LogP contribution in [0, 0.1) is 5.92 Å². The largest absolute Gasteiger partial charge is 0.346 e. The fourth-order valence-corrected chi connectivity index (χ4v) is 2.48. The van der Waals surface area contributed by atoms with E-state index in [1.54, 1.807) is 0 Å². The molecule has 1 amide bonds. The van der Waals surface area contributed by atoms with E-state index in [4.69, 9.17) is 0 Å². The Bertz CT molecular complexity index is 588.